The normalized spacial score (nSPS) is 10.0. The van der Waals surface area contributed by atoms with Crippen LogP contribution in [0.4, 0.5) is 0 Å². The Labute approximate surface area is 72.2 Å². The molecule has 0 heterocycles. The monoisotopic (exact) mass is 169 g/mol. The van der Waals surface area contributed by atoms with E-state index in [1.54, 1.807) is 0 Å². The molecule has 0 saturated heterocycles. The van der Waals surface area contributed by atoms with Crippen LogP contribution in [0.25, 0.3) is 0 Å². The second kappa shape index (κ2) is 4.37. The van der Waals surface area contributed by atoms with Crippen molar-refractivity contribution in [1.82, 2.24) is 0 Å². The van der Waals surface area contributed by atoms with Gasteiger partial charge in [0.1, 0.15) is 0 Å². The topological polar surface area (TPSA) is 26.0 Å². The Morgan fingerprint density at radius 3 is 2.36 bits per heavy atom. The maximum atomic E-state index is 5.73. The molecule has 1 nitrogen and oxygen atoms in total. The lowest BCUT2D eigenvalue weighted by Crippen LogP contribution is -2.04. The molecule has 60 valence electrons. The second-order valence-electron chi connectivity index (χ2n) is 2.44. The lowest BCUT2D eigenvalue weighted by atomic mass is 10.1. The van der Waals surface area contributed by atoms with Crippen LogP contribution in [-0.4, -0.2) is 6.54 Å². The molecule has 1 aromatic rings. The minimum atomic E-state index is 0.580. The summed E-state index contributed by atoms with van der Waals surface area (Å²) in [5.74, 6) is 0.580. The van der Waals surface area contributed by atoms with Crippen molar-refractivity contribution in [1.29, 1.82) is 0 Å². The van der Waals surface area contributed by atoms with Gasteiger partial charge in [0.15, 0.2) is 0 Å². The zero-order valence-corrected chi connectivity index (χ0v) is 7.14. The van der Waals surface area contributed by atoms with Crippen molar-refractivity contribution < 1.29 is 0 Å². The van der Waals surface area contributed by atoms with E-state index < -0.39 is 0 Å². The van der Waals surface area contributed by atoms with E-state index in [0.29, 0.717) is 12.4 Å². The third kappa shape index (κ3) is 2.21. The lowest BCUT2D eigenvalue weighted by molar-refractivity contribution is 0.955. The van der Waals surface area contributed by atoms with Gasteiger partial charge in [-0.2, -0.15) is 0 Å². The van der Waals surface area contributed by atoms with Crippen molar-refractivity contribution in [3.63, 3.8) is 0 Å². The fraction of sp³-hybridized carbons (Fsp3) is 0.333. The van der Waals surface area contributed by atoms with E-state index in [1.807, 2.05) is 18.2 Å². The second-order valence-corrected chi connectivity index (χ2v) is 2.71. The molecule has 1 aromatic carbocycles. The zero-order valence-electron chi connectivity index (χ0n) is 6.39. The van der Waals surface area contributed by atoms with Gasteiger partial charge in [-0.3, -0.25) is 0 Å². The molecule has 2 N–H and O–H groups in total. The van der Waals surface area contributed by atoms with E-state index >= 15 is 0 Å². The Bertz CT molecular complexity index is 223. The molecule has 0 aliphatic rings. The predicted octanol–water partition coefficient (Wildman–Crippen LogP) is 1.93. The van der Waals surface area contributed by atoms with E-state index in [9.17, 15) is 0 Å². The molecular weight excluding hydrogens is 158 g/mol. The van der Waals surface area contributed by atoms with Gasteiger partial charge >= 0.3 is 0 Å². The summed E-state index contributed by atoms with van der Waals surface area (Å²) in [5.41, 5.74) is 7.90. The fourth-order valence-electron chi connectivity index (χ4n) is 1.09. The highest BCUT2D eigenvalue weighted by Gasteiger charge is 1.97. The number of hydrogen-bond acceptors (Lipinski definition) is 1. The number of rotatable bonds is 3. The molecule has 0 aromatic heterocycles. The van der Waals surface area contributed by atoms with Gasteiger partial charge in [-0.1, -0.05) is 24.3 Å². The fourth-order valence-corrected chi connectivity index (χ4v) is 1.35. The Morgan fingerprint density at radius 2 is 1.82 bits per heavy atom. The quantitative estimate of drug-likeness (QED) is 0.688. The number of nitrogens with two attached hydrogens (primary N) is 1. The molecule has 0 saturated carbocycles. The molecule has 0 radical (unpaired) electrons. The van der Waals surface area contributed by atoms with Gasteiger partial charge in [-0.25, -0.2) is 0 Å². The van der Waals surface area contributed by atoms with Gasteiger partial charge in [-0.05, 0) is 24.1 Å². The highest BCUT2D eigenvalue weighted by atomic mass is 35.5. The van der Waals surface area contributed by atoms with Crippen LogP contribution in [0.1, 0.15) is 11.1 Å². The predicted molar refractivity (Wildman–Crippen MR) is 48.8 cm³/mol. The van der Waals surface area contributed by atoms with E-state index in [1.165, 1.54) is 11.1 Å². The van der Waals surface area contributed by atoms with Crippen LogP contribution in [-0.2, 0) is 12.3 Å². The highest BCUT2D eigenvalue weighted by molar-refractivity contribution is 6.17. The van der Waals surface area contributed by atoms with E-state index in [2.05, 4.69) is 6.07 Å². The molecule has 0 bridgehead atoms. The molecule has 0 atom stereocenters. The number of hydrogen-bond donors (Lipinski definition) is 1. The van der Waals surface area contributed by atoms with Crippen molar-refractivity contribution in [2.75, 3.05) is 6.54 Å². The Hall–Kier alpha value is -0.530. The summed E-state index contributed by atoms with van der Waals surface area (Å²) in [6.07, 6.45) is 0.920. The maximum absolute atomic E-state index is 5.73. The Morgan fingerprint density at radius 1 is 1.18 bits per heavy atom. The Balaban J connectivity index is 2.83. The molecular formula is C9H12ClN. The molecule has 0 aliphatic heterocycles. The van der Waals surface area contributed by atoms with Crippen molar-refractivity contribution in [3.8, 4) is 0 Å². The van der Waals surface area contributed by atoms with Gasteiger partial charge < -0.3 is 5.73 Å². The van der Waals surface area contributed by atoms with Crippen molar-refractivity contribution in [2.24, 2.45) is 5.73 Å². The first-order valence-electron chi connectivity index (χ1n) is 3.71. The Kier molecular flexibility index (Phi) is 3.40. The average Bonchev–Trinajstić information content (AvgIpc) is 2.06. The number of halogens is 1. The van der Waals surface area contributed by atoms with E-state index in [0.717, 1.165) is 6.42 Å². The summed E-state index contributed by atoms with van der Waals surface area (Å²) in [6.45, 7) is 0.688. The maximum Gasteiger partial charge on any atom is 0.0476 e. The minimum Gasteiger partial charge on any atom is -0.330 e. The molecule has 0 aliphatic carbocycles. The summed E-state index contributed by atoms with van der Waals surface area (Å²) < 4.78 is 0. The van der Waals surface area contributed by atoms with Gasteiger partial charge in [0.25, 0.3) is 0 Å². The first kappa shape index (κ1) is 8.57. The smallest absolute Gasteiger partial charge is 0.0476 e. The standard InChI is InChI=1S/C9H12ClN/c10-7-9-4-2-1-3-8(9)5-6-11/h1-4H,5-7,11H2. The van der Waals surface area contributed by atoms with Crippen LogP contribution in [0.5, 0.6) is 0 Å². The van der Waals surface area contributed by atoms with Gasteiger partial charge in [0.2, 0.25) is 0 Å². The summed E-state index contributed by atoms with van der Waals surface area (Å²) >= 11 is 5.73. The number of benzene rings is 1. The summed E-state index contributed by atoms with van der Waals surface area (Å²) in [4.78, 5) is 0. The first-order chi connectivity index (χ1) is 5.38. The summed E-state index contributed by atoms with van der Waals surface area (Å²) in [5, 5.41) is 0. The third-order valence-electron chi connectivity index (χ3n) is 1.68. The van der Waals surface area contributed by atoms with Crippen LogP contribution >= 0.6 is 11.6 Å². The average molecular weight is 170 g/mol. The van der Waals surface area contributed by atoms with Crippen molar-refractivity contribution in [3.05, 3.63) is 35.4 Å². The third-order valence-corrected chi connectivity index (χ3v) is 1.96. The summed E-state index contributed by atoms with van der Waals surface area (Å²) in [6, 6.07) is 8.13. The first-order valence-corrected chi connectivity index (χ1v) is 4.24. The van der Waals surface area contributed by atoms with Crippen LogP contribution in [0.3, 0.4) is 0 Å². The molecule has 0 fully saturated rings. The number of alkyl halides is 1. The van der Waals surface area contributed by atoms with Gasteiger partial charge in [0, 0.05) is 5.88 Å². The van der Waals surface area contributed by atoms with Crippen molar-refractivity contribution in [2.45, 2.75) is 12.3 Å². The van der Waals surface area contributed by atoms with Gasteiger partial charge in [-0.15, -0.1) is 11.6 Å². The van der Waals surface area contributed by atoms with Crippen molar-refractivity contribution >= 4 is 11.6 Å². The molecule has 2 heteroatoms. The SMILES string of the molecule is NCCc1ccccc1CCl. The highest BCUT2D eigenvalue weighted by Crippen LogP contribution is 2.10. The molecule has 0 unspecified atom stereocenters. The van der Waals surface area contributed by atoms with E-state index in [-0.39, 0.29) is 0 Å². The molecule has 1 rings (SSSR count). The van der Waals surface area contributed by atoms with Crippen LogP contribution in [0, 0.1) is 0 Å². The molecule has 0 spiro atoms. The zero-order chi connectivity index (χ0) is 8.10. The van der Waals surface area contributed by atoms with Crippen LogP contribution in [0.15, 0.2) is 24.3 Å². The van der Waals surface area contributed by atoms with E-state index in [4.69, 9.17) is 17.3 Å². The summed E-state index contributed by atoms with van der Waals surface area (Å²) in [7, 11) is 0. The van der Waals surface area contributed by atoms with Gasteiger partial charge in [0.05, 0.1) is 0 Å². The van der Waals surface area contributed by atoms with Crippen LogP contribution < -0.4 is 5.73 Å². The molecule has 11 heavy (non-hydrogen) atoms. The largest absolute Gasteiger partial charge is 0.330 e. The minimum absolute atomic E-state index is 0.580. The lowest BCUT2D eigenvalue weighted by Gasteiger charge is -2.03. The van der Waals surface area contributed by atoms with Crippen LogP contribution in [0.2, 0.25) is 0 Å². The molecule has 0 amide bonds.